The zero-order valence-electron chi connectivity index (χ0n) is 10.7. The first-order valence-corrected chi connectivity index (χ1v) is 6.91. The number of hydrogen-bond donors (Lipinski definition) is 1. The topological polar surface area (TPSA) is 15.3 Å². The second kappa shape index (κ2) is 4.34. The molecule has 3 rings (SSSR count). The van der Waals surface area contributed by atoms with Gasteiger partial charge in [-0.25, -0.2) is 0 Å². The highest BCUT2D eigenvalue weighted by molar-refractivity contribution is 5.58. The predicted octanol–water partition coefficient (Wildman–Crippen LogP) is 2.58. The summed E-state index contributed by atoms with van der Waals surface area (Å²) in [5.74, 6) is 0. The molecular weight excluding hydrogens is 208 g/mol. The molecule has 1 N–H and O–H groups in total. The van der Waals surface area contributed by atoms with Crippen molar-refractivity contribution in [3.05, 3.63) is 29.8 Å². The predicted molar refractivity (Wildman–Crippen MR) is 72.6 cm³/mol. The SMILES string of the molecule is CCC1(CN2CCc3ccccc32)CCCN1. The molecular formula is C15H22N2. The van der Waals surface area contributed by atoms with Gasteiger partial charge in [-0.15, -0.1) is 0 Å². The second-order valence-electron chi connectivity index (χ2n) is 5.46. The number of rotatable bonds is 3. The summed E-state index contributed by atoms with van der Waals surface area (Å²) in [5, 5.41) is 3.74. The Morgan fingerprint density at radius 2 is 2.24 bits per heavy atom. The van der Waals surface area contributed by atoms with Gasteiger partial charge < -0.3 is 10.2 Å². The van der Waals surface area contributed by atoms with Crippen LogP contribution in [0.15, 0.2) is 24.3 Å². The van der Waals surface area contributed by atoms with Crippen molar-refractivity contribution in [3.8, 4) is 0 Å². The molecule has 1 aromatic rings. The Morgan fingerprint density at radius 1 is 1.35 bits per heavy atom. The van der Waals surface area contributed by atoms with Crippen LogP contribution in [0.2, 0.25) is 0 Å². The van der Waals surface area contributed by atoms with E-state index in [-0.39, 0.29) is 0 Å². The molecule has 0 aliphatic carbocycles. The number of benzene rings is 1. The third-order valence-electron chi connectivity index (χ3n) is 4.49. The Bertz CT molecular complexity index is 394. The molecule has 2 nitrogen and oxygen atoms in total. The summed E-state index contributed by atoms with van der Waals surface area (Å²) < 4.78 is 0. The summed E-state index contributed by atoms with van der Waals surface area (Å²) in [7, 11) is 0. The molecule has 1 atom stereocenters. The van der Waals surface area contributed by atoms with E-state index in [0.29, 0.717) is 5.54 Å². The number of nitrogens with one attached hydrogen (secondary N) is 1. The van der Waals surface area contributed by atoms with Gasteiger partial charge in [0.05, 0.1) is 0 Å². The molecule has 17 heavy (non-hydrogen) atoms. The standard InChI is InChI=1S/C15H22N2/c1-2-15(9-5-10-16-15)12-17-11-8-13-6-3-4-7-14(13)17/h3-4,6-7,16H,2,5,8-12H2,1H3. The van der Waals surface area contributed by atoms with Crippen LogP contribution in [-0.4, -0.2) is 25.2 Å². The van der Waals surface area contributed by atoms with Crippen molar-refractivity contribution in [2.24, 2.45) is 0 Å². The third-order valence-corrected chi connectivity index (χ3v) is 4.49. The number of anilines is 1. The van der Waals surface area contributed by atoms with Crippen LogP contribution in [0.5, 0.6) is 0 Å². The molecule has 0 bridgehead atoms. The highest BCUT2D eigenvalue weighted by atomic mass is 15.2. The average molecular weight is 230 g/mol. The first kappa shape index (κ1) is 11.1. The van der Waals surface area contributed by atoms with E-state index in [0.717, 1.165) is 0 Å². The minimum atomic E-state index is 0.372. The number of fused-ring (bicyclic) bond motifs is 1. The van der Waals surface area contributed by atoms with E-state index < -0.39 is 0 Å². The number of hydrogen-bond acceptors (Lipinski definition) is 2. The van der Waals surface area contributed by atoms with Crippen LogP contribution in [-0.2, 0) is 6.42 Å². The van der Waals surface area contributed by atoms with Crippen molar-refractivity contribution in [2.75, 3.05) is 24.5 Å². The van der Waals surface area contributed by atoms with Gasteiger partial charge in [-0.1, -0.05) is 25.1 Å². The van der Waals surface area contributed by atoms with Gasteiger partial charge in [0.15, 0.2) is 0 Å². The lowest BCUT2D eigenvalue weighted by atomic mass is 9.93. The van der Waals surface area contributed by atoms with Crippen LogP contribution in [0.4, 0.5) is 5.69 Å². The lowest BCUT2D eigenvalue weighted by Crippen LogP contribution is -2.49. The van der Waals surface area contributed by atoms with Crippen LogP contribution in [0.25, 0.3) is 0 Å². The summed E-state index contributed by atoms with van der Waals surface area (Å²) in [6.07, 6.45) is 5.13. The molecule has 1 aromatic carbocycles. The molecule has 1 unspecified atom stereocenters. The van der Waals surface area contributed by atoms with Crippen LogP contribution < -0.4 is 10.2 Å². The van der Waals surface area contributed by atoms with Crippen molar-refractivity contribution in [1.29, 1.82) is 0 Å². The van der Waals surface area contributed by atoms with Crippen LogP contribution in [0, 0.1) is 0 Å². The fourth-order valence-electron chi connectivity index (χ4n) is 3.35. The summed E-state index contributed by atoms with van der Waals surface area (Å²) >= 11 is 0. The highest BCUT2D eigenvalue weighted by Gasteiger charge is 2.34. The third kappa shape index (κ3) is 1.95. The summed E-state index contributed by atoms with van der Waals surface area (Å²) in [4.78, 5) is 2.58. The summed E-state index contributed by atoms with van der Waals surface area (Å²) in [6.45, 7) is 5.90. The molecule has 0 amide bonds. The second-order valence-corrected chi connectivity index (χ2v) is 5.46. The minimum Gasteiger partial charge on any atom is -0.369 e. The van der Waals surface area contributed by atoms with Gasteiger partial charge in [0.25, 0.3) is 0 Å². The average Bonchev–Trinajstić information content (AvgIpc) is 2.99. The van der Waals surface area contributed by atoms with E-state index in [9.17, 15) is 0 Å². The van der Waals surface area contributed by atoms with Crippen molar-refractivity contribution >= 4 is 5.69 Å². The molecule has 0 spiro atoms. The van der Waals surface area contributed by atoms with Crippen LogP contribution in [0.1, 0.15) is 31.7 Å². The maximum absolute atomic E-state index is 3.74. The maximum atomic E-state index is 3.74. The van der Waals surface area contributed by atoms with Gasteiger partial charge in [-0.3, -0.25) is 0 Å². The van der Waals surface area contributed by atoms with Gasteiger partial charge in [-0.05, 0) is 43.9 Å². The van der Waals surface area contributed by atoms with Gasteiger partial charge >= 0.3 is 0 Å². The number of para-hydroxylation sites is 1. The van der Waals surface area contributed by atoms with Crippen LogP contribution >= 0.6 is 0 Å². The number of nitrogens with zero attached hydrogens (tertiary/aromatic N) is 1. The van der Waals surface area contributed by atoms with Gasteiger partial charge in [-0.2, -0.15) is 0 Å². The molecule has 2 aliphatic heterocycles. The molecule has 0 saturated carbocycles. The van der Waals surface area contributed by atoms with E-state index in [2.05, 4.69) is 41.4 Å². The largest absolute Gasteiger partial charge is 0.369 e. The molecule has 2 heteroatoms. The van der Waals surface area contributed by atoms with E-state index in [1.165, 1.54) is 56.6 Å². The van der Waals surface area contributed by atoms with Gasteiger partial charge in [0, 0.05) is 24.3 Å². The van der Waals surface area contributed by atoms with Gasteiger partial charge in [0.1, 0.15) is 0 Å². The fourth-order valence-corrected chi connectivity index (χ4v) is 3.35. The zero-order valence-corrected chi connectivity index (χ0v) is 10.7. The minimum absolute atomic E-state index is 0.372. The Labute approximate surface area is 104 Å². The van der Waals surface area contributed by atoms with Crippen molar-refractivity contribution in [2.45, 2.75) is 38.1 Å². The Morgan fingerprint density at radius 3 is 3.00 bits per heavy atom. The highest BCUT2D eigenvalue weighted by Crippen LogP contribution is 2.32. The summed E-state index contributed by atoms with van der Waals surface area (Å²) in [6, 6.07) is 8.88. The van der Waals surface area contributed by atoms with Gasteiger partial charge in [0.2, 0.25) is 0 Å². The zero-order chi connectivity index (χ0) is 11.7. The van der Waals surface area contributed by atoms with Crippen molar-refractivity contribution in [1.82, 2.24) is 5.32 Å². The molecule has 1 saturated heterocycles. The molecule has 2 heterocycles. The first-order chi connectivity index (χ1) is 8.33. The fraction of sp³-hybridized carbons (Fsp3) is 0.600. The molecule has 1 fully saturated rings. The maximum Gasteiger partial charge on any atom is 0.0400 e. The quantitative estimate of drug-likeness (QED) is 0.858. The molecule has 0 aromatic heterocycles. The molecule has 92 valence electrons. The lowest BCUT2D eigenvalue weighted by molar-refractivity contribution is 0.364. The Kier molecular flexibility index (Phi) is 2.83. The Balaban J connectivity index is 1.79. The monoisotopic (exact) mass is 230 g/mol. The van der Waals surface area contributed by atoms with Crippen molar-refractivity contribution < 1.29 is 0 Å². The lowest BCUT2D eigenvalue weighted by Gasteiger charge is -2.34. The van der Waals surface area contributed by atoms with Crippen molar-refractivity contribution in [3.63, 3.8) is 0 Å². The van der Waals surface area contributed by atoms with E-state index >= 15 is 0 Å². The van der Waals surface area contributed by atoms with E-state index in [4.69, 9.17) is 0 Å². The molecule has 2 aliphatic rings. The first-order valence-electron chi connectivity index (χ1n) is 6.91. The normalized spacial score (nSPS) is 27.5. The van der Waals surface area contributed by atoms with E-state index in [1.807, 2.05) is 0 Å². The van der Waals surface area contributed by atoms with Crippen LogP contribution in [0.3, 0.4) is 0 Å². The smallest absolute Gasteiger partial charge is 0.0400 e. The summed E-state index contributed by atoms with van der Waals surface area (Å²) in [5.41, 5.74) is 3.36. The molecule has 0 radical (unpaired) electrons. The van der Waals surface area contributed by atoms with E-state index in [1.54, 1.807) is 0 Å². The Hall–Kier alpha value is -1.02.